The first-order valence-corrected chi connectivity index (χ1v) is 4.99. The summed E-state index contributed by atoms with van der Waals surface area (Å²) < 4.78 is 5.46. The maximum Gasteiger partial charge on any atom is 0.138 e. The van der Waals surface area contributed by atoms with Crippen molar-refractivity contribution in [3.8, 4) is 6.07 Å². The van der Waals surface area contributed by atoms with E-state index in [1.807, 2.05) is 6.07 Å². The number of nitrogens with one attached hydrogen (secondary N) is 1. The van der Waals surface area contributed by atoms with Crippen molar-refractivity contribution in [2.24, 2.45) is 0 Å². The third-order valence-electron chi connectivity index (χ3n) is 2.96. The highest BCUT2D eigenvalue weighted by Crippen LogP contribution is 2.33. The average Bonchev–Trinajstić information content (AvgIpc) is 2.83. The van der Waals surface area contributed by atoms with Crippen LogP contribution in [0.25, 0.3) is 11.0 Å². The second kappa shape index (κ2) is 3.11. The fourth-order valence-electron chi connectivity index (χ4n) is 2.22. The normalized spacial score (nSPS) is 19.0. The number of benzene rings is 1. The Kier molecular flexibility index (Phi) is 1.77. The molecule has 0 saturated carbocycles. The lowest BCUT2D eigenvalue weighted by Gasteiger charge is -2.06. The van der Waals surface area contributed by atoms with E-state index >= 15 is 0 Å². The zero-order chi connectivity index (χ0) is 10.3. The molecule has 1 aromatic heterocycles. The van der Waals surface area contributed by atoms with Crippen molar-refractivity contribution in [2.75, 3.05) is 0 Å². The Labute approximate surface area is 87.3 Å². The first-order valence-electron chi connectivity index (χ1n) is 4.99. The molecule has 2 aromatic rings. The summed E-state index contributed by atoms with van der Waals surface area (Å²) in [4.78, 5) is 0. The van der Waals surface area contributed by atoms with E-state index in [0.29, 0.717) is 6.42 Å². The average molecular weight is 198 g/mol. The van der Waals surface area contributed by atoms with E-state index in [0.717, 1.165) is 17.5 Å². The molecule has 0 aliphatic carbocycles. The van der Waals surface area contributed by atoms with E-state index < -0.39 is 0 Å². The van der Waals surface area contributed by atoms with Crippen LogP contribution in [0.15, 0.2) is 28.9 Å². The van der Waals surface area contributed by atoms with E-state index in [2.05, 4.69) is 23.5 Å². The van der Waals surface area contributed by atoms with Crippen molar-refractivity contribution in [3.05, 3.63) is 35.6 Å². The van der Waals surface area contributed by atoms with Crippen molar-refractivity contribution in [2.45, 2.75) is 19.0 Å². The Hall–Kier alpha value is -1.79. The monoisotopic (exact) mass is 198 g/mol. The molecule has 0 spiro atoms. The zero-order valence-corrected chi connectivity index (χ0v) is 8.16. The van der Waals surface area contributed by atoms with Crippen LogP contribution in [0.1, 0.15) is 23.6 Å². The molecule has 15 heavy (non-hydrogen) atoms. The smallest absolute Gasteiger partial charge is 0.138 e. The molecule has 74 valence electrons. The maximum absolute atomic E-state index is 8.71. The maximum atomic E-state index is 8.71. The molecule has 1 N–H and O–H groups in total. The summed E-state index contributed by atoms with van der Waals surface area (Å²) in [6.45, 7) is 0.798. The van der Waals surface area contributed by atoms with Crippen LogP contribution in [0.5, 0.6) is 0 Å². The quantitative estimate of drug-likeness (QED) is 0.765. The molecule has 3 rings (SSSR count). The summed E-state index contributed by atoms with van der Waals surface area (Å²) >= 11 is 0. The van der Waals surface area contributed by atoms with E-state index in [1.165, 1.54) is 11.1 Å². The Bertz CT molecular complexity index is 550. The third-order valence-corrected chi connectivity index (χ3v) is 2.96. The van der Waals surface area contributed by atoms with Gasteiger partial charge in [-0.2, -0.15) is 5.26 Å². The minimum Gasteiger partial charge on any atom is -0.464 e. The predicted octanol–water partition coefficient (Wildman–Crippen LogP) is 2.49. The molecule has 0 radical (unpaired) electrons. The highest BCUT2D eigenvalue weighted by molar-refractivity contribution is 5.82. The topological polar surface area (TPSA) is 49.0 Å². The van der Waals surface area contributed by atoms with Crippen LogP contribution in [-0.2, 0) is 6.54 Å². The number of nitriles is 1. The van der Waals surface area contributed by atoms with Gasteiger partial charge >= 0.3 is 0 Å². The highest BCUT2D eigenvalue weighted by Gasteiger charge is 2.24. The van der Waals surface area contributed by atoms with Gasteiger partial charge in [-0.25, -0.2) is 0 Å². The van der Waals surface area contributed by atoms with Crippen molar-refractivity contribution in [1.29, 1.82) is 5.26 Å². The second-order valence-electron chi connectivity index (χ2n) is 3.77. The number of rotatable bonds is 1. The molecular weight excluding hydrogens is 188 g/mol. The van der Waals surface area contributed by atoms with Crippen molar-refractivity contribution < 1.29 is 4.42 Å². The van der Waals surface area contributed by atoms with Gasteiger partial charge in [0.25, 0.3) is 0 Å². The Morgan fingerprint density at radius 3 is 3.27 bits per heavy atom. The SMILES string of the molecule is N#CCC1NCc2c1ccc1ccoc21. The lowest BCUT2D eigenvalue weighted by molar-refractivity contribution is 0.590. The molecule has 0 saturated heterocycles. The van der Waals surface area contributed by atoms with Crippen molar-refractivity contribution in [3.63, 3.8) is 0 Å². The lowest BCUT2D eigenvalue weighted by Crippen LogP contribution is -2.10. The molecule has 0 amide bonds. The van der Waals surface area contributed by atoms with Gasteiger partial charge in [-0.1, -0.05) is 12.1 Å². The van der Waals surface area contributed by atoms with Crippen LogP contribution >= 0.6 is 0 Å². The minimum absolute atomic E-state index is 0.166. The third kappa shape index (κ3) is 1.15. The van der Waals surface area contributed by atoms with Crippen LogP contribution < -0.4 is 5.32 Å². The molecule has 3 nitrogen and oxygen atoms in total. The Morgan fingerprint density at radius 2 is 2.40 bits per heavy atom. The molecular formula is C12H10N2O. The van der Waals surface area contributed by atoms with Gasteiger partial charge in [0.2, 0.25) is 0 Å². The van der Waals surface area contributed by atoms with E-state index in [1.54, 1.807) is 6.26 Å². The van der Waals surface area contributed by atoms with Gasteiger partial charge in [0.05, 0.1) is 18.8 Å². The van der Waals surface area contributed by atoms with Gasteiger partial charge in [0.1, 0.15) is 5.58 Å². The van der Waals surface area contributed by atoms with Crippen molar-refractivity contribution in [1.82, 2.24) is 5.32 Å². The lowest BCUT2D eigenvalue weighted by atomic mass is 10.0. The van der Waals surface area contributed by atoms with E-state index in [9.17, 15) is 0 Å². The summed E-state index contributed by atoms with van der Waals surface area (Å²) in [5.41, 5.74) is 3.37. The predicted molar refractivity (Wildman–Crippen MR) is 56.0 cm³/mol. The number of hydrogen-bond acceptors (Lipinski definition) is 3. The fraction of sp³-hybridized carbons (Fsp3) is 0.250. The number of fused-ring (bicyclic) bond motifs is 3. The summed E-state index contributed by atoms with van der Waals surface area (Å²) in [6, 6.07) is 8.47. The molecule has 1 aliphatic rings. The van der Waals surface area contributed by atoms with Crippen molar-refractivity contribution >= 4 is 11.0 Å². The van der Waals surface area contributed by atoms with Crippen LogP contribution in [0.3, 0.4) is 0 Å². The standard InChI is InChI=1S/C12H10N2O/c13-5-3-11-9-2-1-8-4-6-15-12(8)10(9)7-14-11/h1-2,4,6,11,14H,3,7H2. The van der Waals surface area contributed by atoms with E-state index in [4.69, 9.17) is 9.68 Å². The van der Waals surface area contributed by atoms with Gasteiger partial charge in [-0.3, -0.25) is 0 Å². The summed E-state index contributed by atoms with van der Waals surface area (Å²) in [5.74, 6) is 0. The number of hydrogen-bond donors (Lipinski definition) is 1. The van der Waals surface area contributed by atoms with Gasteiger partial charge in [-0.15, -0.1) is 0 Å². The van der Waals surface area contributed by atoms with Gasteiger partial charge in [0.15, 0.2) is 0 Å². The Balaban J connectivity index is 2.18. The molecule has 1 aliphatic heterocycles. The molecule has 1 aromatic carbocycles. The second-order valence-corrected chi connectivity index (χ2v) is 3.77. The zero-order valence-electron chi connectivity index (χ0n) is 8.16. The number of nitrogens with zero attached hydrogens (tertiary/aromatic N) is 1. The van der Waals surface area contributed by atoms with Crippen LogP contribution in [-0.4, -0.2) is 0 Å². The van der Waals surface area contributed by atoms with E-state index in [-0.39, 0.29) is 6.04 Å². The highest BCUT2D eigenvalue weighted by atomic mass is 16.3. The first kappa shape index (κ1) is 8.51. The fourth-order valence-corrected chi connectivity index (χ4v) is 2.22. The summed E-state index contributed by atoms with van der Waals surface area (Å²) in [6.07, 6.45) is 2.22. The summed E-state index contributed by atoms with van der Waals surface area (Å²) in [7, 11) is 0. The van der Waals surface area contributed by atoms with Gasteiger partial charge in [-0.05, 0) is 11.6 Å². The van der Waals surface area contributed by atoms with Crippen LogP contribution in [0, 0.1) is 11.3 Å². The molecule has 0 fully saturated rings. The molecule has 1 atom stereocenters. The van der Waals surface area contributed by atoms with Crippen LogP contribution in [0.4, 0.5) is 0 Å². The Morgan fingerprint density at radius 1 is 1.47 bits per heavy atom. The molecule has 3 heteroatoms. The van der Waals surface area contributed by atoms with Gasteiger partial charge in [0, 0.05) is 23.5 Å². The number of furan rings is 1. The molecule has 1 unspecified atom stereocenters. The largest absolute Gasteiger partial charge is 0.464 e. The summed E-state index contributed by atoms with van der Waals surface area (Å²) in [5, 5.41) is 13.2. The molecule has 0 bridgehead atoms. The first-order chi connectivity index (χ1) is 7.40. The minimum atomic E-state index is 0.166. The van der Waals surface area contributed by atoms with Gasteiger partial charge < -0.3 is 9.73 Å². The molecule has 2 heterocycles. The van der Waals surface area contributed by atoms with Crippen LogP contribution in [0.2, 0.25) is 0 Å².